The van der Waals surface area contributed by atoms with Crippen LogP contribution in [0, 0.1) is 0 Å². The van der Waals surface area contributed by atoms with Gasteiger partial charge < -0.3 is 5.32 Å². The van der Waals surface area contributed by atoms with E-state index >= 15 is 0 Å². The average molecular weight is 372 g/mol. The summed E-state index contributed by atoms with van der Waals surface area (Å²) in [6.45, 7) is 1.66. The van der Waals surface area contributed by atoms with E-state index in [0.29, 0.717) is 23.4 Å². The Morgan fingerprint density at radius 1 is 1.12 bits per heavy atom. The van der Waals surface area contributed by atoms with Gasteiger partial charge in [-0.15, -0.1) is 0 Å². The topological polar surface area (TPSA) is 78.5 Å². The zero-order chi connectivity index (χ0) is 18.7. The van der Waals surface area contributed by atoms with Gasteiger partial charge in [-0.25, -0.2) is 4.79 Å². The third-order valence-electron chi connectivity index (χ3n) is 4.34. The minimum atomic E-state index is -1.07. The number of aryl methyl sites for hydroxylation is 1. The maximum Gasteiger partial charge on any atom is 0.344 e. The number of nitrogens with zero attached hydrogens (tertiary/aromatic N) is 1. The Balaban J connectivity index is 1.67. The molecule has 1 unspecified atom stereocenters. The van der Waals surface area contributed by atoms with Crippen molar-refractivity contribution in [2.45, 2.75) is 25.3 Å². The van der Waals surface area contributed by atoms with E-state index in [-0.39, 0.29) is 0 Å². The number of hydrazine groups is 1. The number of halogens is 1. The van der Waals surface area contributed by atoms with Gasteiger partial charge in [0.2, 0.25) is 0 Å². The van der Waals surface area contributed by atoms with Gasteiger partial charge in [-0.05, 0) is 49.6 Å². The zero-order valence-corrected chi connectivity index (χ0v) is 14.9. The molecule has 2 aromatic carbocycles. The molecule has 4 amide bonds. The van der Waals surface area contributed by atoms with Crippen LogP contribution in [-0.2, 0) is 11.2 Å². The monoisotopic (exact) mass is 371 g/mol. The maximum atomic E-state index is 12.7. The predicted molar refractivity (Wildman–Crippen MR) is 97.5 cm³/mol. The van der Waals surface area contributed by atoms with Gasteiger partial charge in [0.05, 0.1) is 0 Å². The van der Waals surface area contributed by atoms with Crippen molar-refractivity contribution >= 4 is 29.4 Å². The lowest BCUT2D eigenvalue weighted by Crippen LogP contribution is -2.48. The molecule has 1 aliphatic heterocycles. The summed E-state index contributed by atoms with van der Waals surface area (Å²) in [6.07, 6.45) is 1.05. The second-order valence-corrected chi connectivity index (χ2v) is 6.77. The van der Waals surface area contributed by atoms with Gasteiger partial charge in [-0.3, -0.25) is 15.0 Å². The van der Waals surface area contributed by atoms with Crippen molar-refractivity contribution in [2.24, 2.45) is 0 Å². The molecule has 2 aromatic rings. The summed E-state index contributed by atoms with van der Waals surface area (Å²) in [4.78, 5) is 37.1. The number of carbonyl (C=O) groups is 3. The molecule has 7 heteroatoms. The number of hydrogen-bond donors (Lipinski definition) is 2. The van der Waals surface area contributed by atoms with E-state index in [4.69, 9.17) is 11.6 Å². The lowest BCUT2D eigenvalue weighted by Gasteiger charge is -2.21. The van der Waals surface area contributed by atoms with E-state index in [1.54, 1.807) is 19.1 Å². The Hall–Kier alpha value is -2.86. The smallest absolute Gasteiger partial charge is 0.322 e. The molecule has 0 radical (unpaired) electrons. The lowest BCUT2D eigenvalue weighted by atomic mass is 9.93. The van der Waals surface area contributed by atoms with Crippen LogP contribution in [0.3, 0.4) is 0 Å². The van der Waals surface area contributed by atoms with Gasteiger partial charge in [0.15, 0.2) is 0 Å². The van der Waals surface area contributed by atoms with Gasteiger partial charge in [0, 0.05) is 10.6 Å². The van der Waals surface area contributed by atoms with Crippen LogP contribution >= 0.6 is 11.6 Å². The molecule has 26 heavy (non-hydrogen) atoms. The van der Waals surface area contributed by atoms with E-state index in [2.05, 4.69) is 10.7 Å². The molecule has 0 saturated carbocycles. The Kier molecular flexibility index (Phi) is 4.95. The summed E-state index contributed by atoms with van der Waals surface area (Å²) in [5, 5.41) is 3.90. The number of imide groups is 1. The van der Waals surface area contributed by atoms with Gasteiger partial charge in [0.1, 0.15) is 5.54 Å². The van der Waals surface area contributed by atoms with Crippen molar-refractivity contribution < 1.29 is 14.4 Å². The first-order chi connectivity index (χ1) is 12.4. The zero-order valence-electron chi connectivity index (χ0n) is 14.2. The van der Waals surface area contributed by atoms with Crippen molar-refractivity contribution in [1.82, 2.24) is 15.8 Å². The SMILES string of the molecule is CC1(CCc2ccccc2)NC(=O)N(NC(=O)c2ccc(Cl)cc2)C1=O. The first-order valence-corrected chi connectivity index (χ1v) is 8.54. The quantitative estimate of drug-likeness (QED) is 0.793. The Morgan fingerprint density at radius 2 is 1.77 bits per heavy atom. The molecule has 1 atom stereocenters. The molecule has 1 fully saturated rings. The largest absolute Gasteiger partial charge is 0.344 e. The highest BCUT2D eigenvalue weighted by atomic mass is 35.5. The lowest BCUT2D eigenvalue weighted by molar-refractivity contribution is -0.132. The minimum absolute atomic E-state index is 0.299. The molecule has 134 valence electrons. The standard InChI is InChI=1S/C19H18ClN3O3/c1-19(12-11-13-5-3-2-4-6-13)17(25)23(18(26)21-19)22-16(24)14-7-9-15(20)10-8-14/h2-10H,11-12H2,1H3,(H,21,26)(H,22,24). The second kappa shape index (κ2) is 7.17. The number of carbonyl (C=O) groups excluding carboxylic acids is 3. The van der Waals surface area contributed by atoms with Crippen LogP contribution in [0.15, 0.2) is 54.6 Å². The second-order valence-electron chi connectivity index (χ2n) is 6.34. The molecule has 1 aliphatic rings. The Bertz CT molecular complexity index is 839. The molecule has 0 bridgehead atoms. The van der Waals surface area contributed by atoms with Crippen LogP contribution in [0.1, 0.15) is 29.3 Å². The Morgan fingerprint density at radius 3 is 2.42 bits per heavy atom. The summed E-state index contributed by atoms with van der Waals surface area (Å²) in [7, 11) is 0. The fraction of sp³-hybridized carbons (Fsp3) is 0.211. The number of rotatable bonds is 5. The number of urea groups is 1. The van der Waals surface area contributed by atoms with E-state index in [9.17, 15) is 14.4 Å². The van der Waals surface area contributed by atoms with Crippen LogP contribution in [-0.4, -0.2) is 28.4 Å². The van der Waals surface area contributed by atoms with Crippen molar-refractivity contribution in [3.8, 4) is 0 Å². The molecule has 6 nitrogen and oxygen atoms in total. The highest BCUT2D eigenvalue weighted by molar-refractivity contribution is 6.30. The van der Waals surface area contributed by atoms with E-state index in [1.165, 1.54) is 12.1 Å². The summed E-state index contributed by atoms with van der Waals surface area (Å²) in [6, 6.07) is 15.2. The molecule has 0 aromatic heterocycles. The van der Waals surface area contributed by atoms with Crippen molar-refractivity contribution in [3.05, 3.63) is 70.7 Å². The first-order valence-electron chi connectivity index (χ1n) is 8.16. The molecule has 1 heterocycles. The molecular formula is C19H18ClN3O3. The molecule has 2 N–H and O–H groups in total. The van der Waals surface area contributed by atoms with Crippen molar-refractivity contribution in [1.29, 1.82) is 0 Å². The normalized spacial score (nSPS) is 19.4. The summed E-state index contributed by atoms with van der Waals surface area (Å²) in [5.74, 6) is -1.04. The van der Waals surface area contributed by atoms with Gasteiger partial charge in [-0.2, -0.15) is 5.01 Å². The fourth-order valence-electron chi connectivity index (χ4n) is 2.76. The number of nitrogens with one attached hydrogen (secondary N) is 2. The van der Waals surface area contributed by atoms with Gasteiger partial charge in [0.25, 0.3) is 11.8 Å². The highest BCUT2D eigenvalue weighted by Crippen LogP contribution is 2.22. The van der Waals surface area contributed by atoms with Crippen LogP contribution in [0.25, 0.3) is 0 Å². The van der Waals surface area contributed by atoms with Gasteiger partial charge in [-0.1, -0.05) is 41.9 Å². The van der Waals surface area contributed by atoms with E-state index in [1.807, 2.05) is 30.3 Å². The van der Waals surface area contributed by atoms with E-state index in [0.717, 1.165) is 10.6 Å². The van der Waals surface area contributed by atoms with Crippen LogP contribution in [0.4, 0.5) is 4.79 Å². The van der Waals surface area contributed by atoms with E-state index < -0.39 is 23.4 Å². The minimum Gasteiger partial charge on any atom is -0.322 e. The van der Waals surface area contributed by atoms with Crippen LogP contribution in [0.5, 0.6) is 0 Å². The Labute approximate surface area is 156 Å². The molecular weight excluding hydrogens is 354 g/mol. The van der Waals surface area contributed by atoms with Crippen molar-refractivity contribution in [2.75, 3.05) is 0 Å². The van der Waals surface area contributed by atoms with Crippen molar-refractivity contribution in [3.63, 3.8) is 0 Å². The predicted octanol–water partition coefficient (Wildman–Crippen LogP) is 2.93. The molecule has 0 aliphatic carbocycles. The molecule has 3 rings (SSSR count). The molecule has 0 spiro atoms. The summed E-state index contributed by atoms with van der Waals surface area (Å²) < 4.78 is 0. The highest BCUT2D eigenvalue weighted by Gasteiger charge is 2.48. The fourth-order valence-corrected chi connectivity index (χ4v) is 2.89. The summed E-state index contributed by atoms with van der Waals surface area (Å²) >= 11 is 5.80. The van der Waals surface area contributed by atoms with Crippen LogP contribution < -0.4 is 10.7 Å². The number of benzene rings is 2. The third-order valence-corrected chi connectivity index (χ3v) is 4.59. The average Bonchev–Trinajstić information content (AvgIpc) is 2.85. The third kappa shape index (κ3) is 3.70. The van der Waals surface area contributed by atoms with Crippen LogP contribution in [0.2, 0.25) is 5.02 Å². The maximum absolute atomic E-state index is 12.7. The van der Waals surface area contributed by atoms with Gasteiger partial charge >= 0.3 is 6.03 Å². The first kappa shape index (κ1) is 17.9. The number of hydrogen-bond acceptors (Lipinski definition) is 3. The number of amides is 4. The molecule has 1 saturated heterocycles. The summed E-state index contributed by atoms with van der Waals surface area (Å²) in [5.41, 5.74) is 2.66.